The number of halogens is 1. The van der Waals surface area contributed by atoms with Gasteiger partial charge in [-0.15, -0.1) is 0 Å². The topological polar surface area (TPSA) is 102 Å². The number of ether oxygens (including phenoxy) is 1. The van der Waals surface area contributed by atoms with Crippen molar-refractivity contribution in [2.45, 2.75) is 38.1 Å². The van der Waals surface area contributed by atoms with Crippen LogP contribution in [0.15, 0.2) is 78.9 Å². The molecule has 1 aliphatic heterocycles. The van der Waals surface area contributed by atoms with E-state index in [1.54, 1.807) is 0 Å². The number of nitrogens with zero attached hydrogens (tertiary/aromatic N) is 1. The SMILES string of the molecule is NC(=O)[C@@H](Cc1cccc(I)c1)NC(=O)[C@@H]1Cc2ccccc2CN1C(=O)OCc1ccccc1. The lowest BCUT2D eigenvalue weighted by Gasteiger charge is -2.35. The maximum atomic E-state index is 13.4. The highest BCUT2D eigenvalue weighted by atomic mass is 127. The van der Waals surface area contributed by atoms with Crippen LogP contribution < -0.4 is 11.1 Å². The molecule has 1 aliphatic rings. The Kier molecular flexibility index (Phi) is 8.02. The number of amides is 3. The van der Waals surface area contributed by atoms with Crippen molar-refractivity contribution in [2.75, 3.05) is 0 Å². The third kappa shape index (κ3) is 6.39. The van der Waals surface area contributed by atoms with Crippen LogP contribution in [0.1, 0.15) is 22.3 Å². The molecule has 0 saturated carbocycles. The Morgan fingerprint density at radius 2 is 1.66 bits per heavy atom. The minimum absolute atomic E-state index is 0.0999. The van der Waals surface area contributed by atoms with Crippen LogP contribution >= 0.6 is 22.6 Å². The van der Waals surface area contributed by atoms with Crippen LogP contribution in [0.4, 0.5) is 4.79 Å². The van der Waals surface area contributed by atoms with Gasteiger partial charge in [0.1, 0.15) is 18.7 Å². The zero-order valence-electron chi connectivity index (χ0n) is 19.0. The molecule has 3 N–H and O–H groups in total. The summed E-state index contributed by atoms with van der Waals surface area (Å²) in [6.07, 6.45) is -0.00615. The Labute approximate surface area is 217 Å². The van der Waals surface area contributed by atoms with Crippen LogP contribution in [-0.4, -0.2) is 34.9 Å². The van der Waals surface area contributed by atoms with Gasteiger partial charge in [0.25, 0.3) is 0 Å². The minimum atomic E-state index is -0.903. The van der Waals surface area contributed by atoms with Crippen molar-refractivity contribution in [1.82, 2.24) is 10.2 Å². The first-order valence-corrected chi connectivity index (χ1v) is 12.4. The first-order chi connectivity index (χ1) is 16.9. The quantitative estimate of drug-likeness (QED) is 0.416. The predicted octanol–water partition coefficient (Wildman–Crippen LogP) is 3.57. The van der Waals surface area contributed by atoms with E-state index in [1.807, 2.05) is 78.9 Å². The lowest BCUT2D eigenvalue weighted by molar-refractivity contribution is -0.131. The second-order valence-electron chi connectivity index (χ2n) is 8.45. The lowest BCUT2D eigenvalue weighted by Crippen LogP contribution is -2.56. The molecule has 0 bridgehead atoms. The molecular weight excluding hydrogens is 557 g/mol. The van der Waals surface area contributed by atoms with Crippen molar-refractivity contribution >= 4 is 40.5 Å². The summed E-state index contributed by atoms with van der Waals surface area (Å²) in [5.41, 5.74) is 9.30. The van der Waals surface area contributed by atoms with Gasteiger partial charge in [0.2, 0.25) is 11.8 Å². The average molecular weight is 583 g/mol. The first kappa shape index (κ1) is 24.7. The number of rotatable bonds is 7. The van der Waals surface area contributed by atoms with Gasteiger partial charge in [-0.2, -0.15) is 0 Å². The van der Waals surface area contributed by atoms with Gasteiger partial charge in [-0.3, -0.25) is 14.5 Å². The van der Waals surface area contributed by atoms with Crippen molar-refractivity contribution in [2.24, 2.45) is 5.73 Å². The van der Waals surface area contributed by atoms with Crippen LogP contribution in [0.5, 0.6) is 0 Å². The number of fused-ring (bicyclic) bond motifs is 1. The third-order valence-corrected chi connectivity index (χ3v) is 6.65. The highest BCUT2D eigenvalue weighted by Crippen LogP contribution is 2.25. The van der Waals surface area contributed by atoms with Crippen molar-refractivity contribution in [3.8, 4) is 0 Å². The van der Waals surface area contributed by atoms with Crippen molar-refractivity contribution in [3.63, 3.8) is 0 Å². The summed E-state index contributed by atoms with van der Waals surface area (Å²) >= 11 is 2.19. The number of benzene rings is 3. The third-order valence-electron chi connectivity index (χ3n) is 5.98. The molecule has 7 nitrogen and oxygen atoms in total. The summed E-state index contributed by atoms with van der Waals surface area (Å²) < 4.78 is 6.56. The monoisotopic (exact) mass is 583 g/mol. The molecule has 3 amide bonds. The fourth-order valence-electron chi connectivity index (χ4n) is 4.14. The van der Waals surface area contributed by atoms with Gasteiger partial charge >= 0.3 is 6.09 Å². The smallest absolute Gasteiger partial charge is 0.411 e. The largest absolute Gasteiger partial charge is 0.445 e. The highest BCUT2D eigenvalue weighted by molar-refractivity contribution is 14.1. The molecule has 180 valence electrons. The molecule has 0 saturated heterocycles. The molecule has 4 rings (SSSR count). The number of carbonyl (C=O) groups excluding carboxylic acids is 3. The summed E-state index contributed by atoms with van der Waals surface area (Å²) in [5, 5.41) is 2.78. The van der Waals surface area contributed by atoms with Gasteiger partial charge in [-0.1, -0.05) is 66.7 Å². The van der Waals surface area contributed by atoms with E-state index in [9.17, 15) is 14.4 Å². The fourth-order valence-corrected chi connectivity index (χ4v) is 4.75. The van der Waals surface area contributed by atoms with Gasteiger partial charge in [0.05, 0.1) is 6.54 Å². The lowest BCUT2D eigenvalue weighted by atomic mass is 9.93. The molecule has 0 aromatic heterocycles. The van der Waals surface area contributed by atoms with Crippen LogP contribution in [0.3, 0.4) is 0 Å². The van der Waals surface area contributed by atoms with E-state index >= 15 is 0 Å². The maximum Gasteiger partial charge on any atom is 0.411 e. The molecule has 0 radical (unpaired) electrons. The fraction of sp³-hybridized carbons (Fsp3) is 0.222. The number of hydrogen-bond acceptors (Lipinski definition) is 4. The number of hydrogen-bond donors (Lipinski definition) is 2. The second kappa shape index (κ2) is 11.4. The van der Waals surface area contributed by atoms with Gasteiger partial charge in [-0.05, 0) is 57.0 Å². The number of nitrogens with two attached hydrogens (primary N) is 1. The predicted molar refractivity (Wildman–Crippen MR) is 140 cm³/mol. The van der Waals surface area contributed by atoms with Crippen LogP contribution in [-0.2, 0) is 40.3 Å². The zero-order chi connectivity index (χ0) is 24.8. The summed E-state index contributed by atoms with van der Waals surface area (Å²) in [7, 11) is 0. The van der Waals surface area contributed by atoms with Gasteiger partial charge in [0.15, 0.2) is 0 Å². The summed E-state index contributed by atoms with van der Waals surface area (Å²) in [4.78, 5) is 40.1. The molecule has 0 aliphatic carbocycles. The van der Waals surface area contributed by atoms with Crippen LogP contribution in [0.2, 0.25) is 0 Å². The van der Waals surface area contributed by atoms with Gasteiger partial charge < -0.3 is 15.8 Å². The van der Waals surface area contributed by atoms with E-state index in [-0.39, 0.29) is 19.6 Å². The number of primary amides is 1. The van der Waals surface area contributed by atoms with Crippen LogP contribution in [0.25, 0.3) is 0 Å². The molecule has 35 heavy (non-hydrogen) atoms. The Morgan fingerprint density at radius 3 is 2.37 bits per heavy atom. The van der Waals surface area contributed by atoms with Crippen molar-refractivity contribution in [3.05, 3.63) is 105 Å². The Hall–Kier alpha value is -3.40. The van der Waals surface area contributed by atoms with Crippen molar-refractivity contribution in [1.29, 1.82) is 0 Å². The van der Waals surface area contributed by atoms with Crippen LogP contribution in [0, 0.1) is 3.57 Å². The summed E-state index contributed by atoms with van der Waals surface area (Å²) in [6.45, 7) is 0.336. The molecular formula is C27H26IN3O4. The van der Waals surface area contributed by atoms with E-state index < -0.39 is 30.0 Å². The summed E-state index contributed by atoms with van der Waals surface area (Å²) in [6, 6.07) is 23.0. The molecule has 0 unspecified atom stereocenters. The van der Waals surface area contributed by atoms with E-state index in [1.165, 1.54) is 4.90 Å². The molecule has 3 aromatic rings. The Morgan fingerprint density at radius 1 is 0.971 bits per heavy atom. The number of nitrogens with one attached hydrogen (secondary N) is 1. The number of carbonyl (C=O) groups is 3. The van der Waals surface area contributed by atoms with Crippen molar-refractivity contribution < 1.29 is 19.1 Å². The van der Waals surface area contributed by atoms with E-state index in [2.05, 4.69) is 27.9 Å². The van der Waals surface area contributed by atoms with E-state index in [4.69, 9.17) is 10.5 Å². The zero-order valence-corrected chi connectivity index (χ0v) is 21.2. The molecule has 0 spiro atoms. The Bertz CT molecular complexity index is 1220. The molecule has 0 fully saturated rings. The van der Waals surface area contributed by atoms with E-state index in [0.717, 1.165) is 25.8 Å². The highest BCUT2D eigenvalue weighted by Gasteiger charge is 2.37. The van der Waals surface area contributed by atoms with Gasteiger partial charge in [0, 0.05) is 16.4 Å². The molecule has 8 heteroatoms. The maximum absolute atomic E-state index is 13.4. The standard InChI is InChI=1S/C27H26IN3O4/c28-22-12-6-9-19(13-22)14-23(25(29)32)30-26(33)24-15-20-10-4-5-11-21(20)16-31(24)27(34)35-17-18-7-2-1-3-8-18/h1-13,23-24H,14-17H2,(H2,29,32)(H,30,33)/t23-,24+/m1/s1. The summed E-state index contributed by atoms with van der Waals surface area (Å²) in [5.74, 6) is -1.07. The normalized spacial score (nSPS) is 15.6. The molecule has 1 heterocycles. The molecule has 3 aromatic carbocycles. The van der Waals surface area contributed by atoms with Gasteiger partial charge in [-0.25, -0.2) is 4.79 Å². The molecule has 2 atom stereocenters. The first-order valence-electron chi connectivity index (χ1n) is 11.3. The minimum Gasteiger partial charge on any atom is -0.445 e. The average Bonchev–Trinajstić information content (AvgIpc) is 2.86. The van der Waals surface area contributed by atoms with E-state index in [0.29, 0.717) is 6.42 Å². The Balaban J connectivity index is 1.52. The second-order valence-corrected chi connectivity index (χ2v) is 9.70.